The zero-order valence-electron chi connectivity index (χ0n) is 43.2. The highest BCUT2D eigenvalue weighted by molar-refractivity contribution is 7.47. The van der Waals surface area contributed by atoms with Crippen molar-refractivity contribution in [3.63, 3.8) is 0 Å². The Morgan fingerprint density at radius 3 is 1.51 bits per heavy atom. The highest BCUT2D eigenvalue weighted by Crippen LogP contribution is 2.49. The number of hydrogen-bond donors (Lipinski definition) is 7. The molecule has 0 radical (unpaired) electrons. The van der Waals surface area contributed by atoms with Crippen LogP contribution in [-0.2, 0) is 46.5 Å². The van der Waals surface area contributed by atoms with E-state index in [-0.39, 0.29) is 12.8 Å². The number of carbonyl (C=O) groups excluding carboxylic acids is 2. The van der Waals surface area contributed by atoms with Crippen molar-refractivity contribution in [2.45, 2.75) is 216 Å². The van der Waals surface area contributed by atoms with E-state index >= 15 is 0 Å². The van der Waals surface area contributed by atoms with Crippen LogP contribution >= 0.6 is 15.6 Å². The highest BCUT2D eigenvalue weighted by atomic mass is 31.2. The third kappa shape index (κ3) is 33.5. The Labute approximate surface area is 434 Å². The van der Waals surface area contributed by atoms with Crippen molar-refractivity contribution in [2.24, 2.45) is 0 Å². The second-order valence-electron chi connectivity index (χ2n) is 18.2. The Morgan fingerprint density at radius 2 is 0.973 bits per heavy atom. The second kappa shape index (κ2) is 40.2. The molecule has 1 saturated heterocycles. The van der Waals surface area contributed by atoms with Crippen LogP contribution in [0.25, 0.3) is 0 Å². The molecule has 416 valence electrons. The molecule has 2 rings (SSSR count). The first kappa shape index (κ1) is 66.0. The minimum absolute atomic E-state index is 0.0825. The van der Waals surface area contributed by atoms with E-state index in [2.05, 4.69) is 91.3 Å². The van der Waals surface area contributed by atoms with E-state index in [1.807, 2.05) is 18.2 Å². The maximum atomic E-state index is 13.0. The Kier molecular flexibility index (Phi) is 36.3. The van der Waals surface area contributed by atoms with Gasteiger partial charge in [-0.15, -0.1) is 0 Å². The number of hydrogen-bond acceptors (Lipinski definition) is 14. The van der Waals surface area contributed by atoms with Gasteiger partial charge < -0.3 is 49.3 Å². The molecule has 73 heavy (non-hydrogen) atoms. The number of aliphatic hydroxyl groups excluding tert-OH is 4. The molecule has 0 aromatic rings. The summed E-state index contributed by atoms with van der Waals surface area (Å²) in [7, 11) is -10.7. The molecule has 0 amide bonds. The third-order valence-corrected chi connectivity index (χ3v) is 13.3. The van der Waals surface area contributed by atoms with E-state index in [1.165, 1.54) is 25.7 Å². The fourth-order valence-corrected chi connectivity index (χ4v) is 9.17. The SMILES string of the molecule is CC/C=C\CC1OC1C/C=C\C/C=C\C/C=C\C/C=C\CCC(=O)O[C@H](COC(=O)CCCCCCCC/C=C\C/C=C\C/C=C\CCCCCC)COP(=O)(O)O[C@H]1C(O)C(O)C(O)[C@@H](OP(=O)(O)O)C1O. The van der Waals surface area contributed by atoms with Crippen LogP contribution in [0.2, 0.25) is 0 Å². The summed E-state index contributed by atoms with van der Waals surface area (Å²) in [6.45, 7) is 2.91. The lowest BCUT2D eigenvalue weighted by atomic mass is 9.85. The Hall–Kier alpha value is -3.12. The quantitative estimate of drug-likeness (QED) is 0.00985. The van der Waals surface area contributed by atoms with Crippen LogP contribution in [-0.4, -0.2) is 115 Å². The van der Waals surface area contributed by atoms with Gasteiger partial charge in [-0.25, -0.2) is 9.13 Å². The zero-order valence-corrected chi connectivity index (χ0v) is 45.0. The summed E-state index contributed by atoms with van der Waals surface area (Å²) in [4.78, 5) is 54.5. The second-order valence-corrected chi connectivity index (χ2v) is 20.8. The van der Waals surface area contributed by atoms with E-state index in [1.54, 1.807) is 6.08 Å². The van der Waals surface area contributed by atoms with Gasteiger partial charge >= 0.3 is 27.6 Å². The van der Waals surface area contributed by atoms with Crippen LogP contribution in [0.4, 0.5) is 0 Å². The number of allylic oxidation sites excluding steroid dienone is 14. The normalized spacial score (nSPS) is 24.2. The van der Waals surface area contributed by atoms with Crippen molar-refractivity contribution in [1.82, 2.24) is 0 Å². The smallest absolute Gasteiger partial charge is 0.462 e. The molecular formula is C54H88O17P2. The molecule has 1 aliphatic heterocycles. The predicted octanol–water partition coefficient (Wildman–Crippen LogP) is 10.1. The summed E-state index contributed by atoms with van der Waals surface area (Å²) < 4.78 is 55.1. The molecule has 0 aromatic carbocycles. The lowest BCUT2D eigenvalue weighted by Gasteiger charge is -2.43. The van der Waals surface area contributed by atoms with Crippen LogP contribution in [0.5, 0.6) is 0 Å². The average molecular weight is 1070 g/mol. The molecule has 2 aliphatic rings. The van der Waals surface area contributed by atoms with Gasteiger partial charge in [0.25, 0.3) is 0 Å². The number of phosphoric acid groups is 2. The van der Waals surface area contributed by atoms with Crippen LogP contribution in [0, 0.1) is 0 Å². The Morgan fingerprint density at radius 1 is 0.507 bits per heavy atom. The third-order valence-electron chi connectivity index (χ3n) is 11.8. The first-order chi connectivity index (χ1) is 35.1. The molecule has 19 heteroatoms. The van der Waals surface area contributed by atoms with Crippen molar-refractivity contribution in [2.75, 3.05) is 13.2 Å². The maximum absolute atomic E-state index is 13.0. The van der Waals surface area contributed by atoms with Crippen molar-refractivity contribution >= 4 is 27.6 Å². The molecule has 10 atom stereocenters. The van der Waals surface area contributed by atoms with Gasteiger partial charge in [0.15, 0.2) is 6.10 Å². The highest BCUT2D eigenvalue weighted by Gasteiger charge is 2.54. The fourth-order valence-electron chi connectivity index (χ4n) is 7.63. The molecule has 1 saturated carbocycles. The minimum atomic E-state index is -5.38. The summed E-state index contributed by atoms with van der Waals surface area (Å²) in [6.07, 6.45) is 39.7. The summed E-state index contributed by atoms with van der Waals surface area (Å²) in [5, 5.41) is 41.3. The van der Waals surface area contributed by atoms with Gasteiger partial charge in [0, 0.05) is 12.8 Å². The van der Waals surface area contributed by atoms with E-state index in [4.69, 9.17) is 23.3 Å². The van der Waals surface area contributed by atoms with Gasteiger partial charge in [0.1, 0.15) is 43.2 Å². The molecule has 0 bridgehead atoms. The largest absolute Gasteiger partial charge is 0.472 e. The predicted molar refractivity (Wildman–Crippen MR) is 282 cm³/mol. The molecule has 7 unspecified atom stereocenters. The first-order valence-electron chi connectivity index (χ1n) is 26.4. The van der Waals surface area contributed by atoms with Gasteiger partial charge in [-0.1, -0.05) is 156 Å². The number of rotatable bonds is 42. The lowest BCUT2D eigenvalue weighted by molar-refractivity contribution is -0.216. The maximum Gasteiger partial charge on any atom is 0.472 e. The summed E-state index contributed by atoms with van der Waals surface area (Å²) in [5.41, 5.74) is 0. The average Bonchev–Trinajstić information content (AvgIpc) is 4.11. The van der Waals surface area contributed by atoms with E-state index in [0.717, 1.165) is 89.9 Å². The molecule has 1 aliphatic carbocycles. The summed E-state index contributed by atoms with van der Waals surface area (Å²) in [5.74, 6) is -1.33. The monoisotopic (exact) mass is 1070 g/mol. The minimum Gasteiger partial charge on any atom is -0.462 e. The van der Waals surface area contributed by atoms with Gasteiger partial charge in [0.2, 0.25) is 0 Å². The number of epoxide rings is 1. The van der Waals surface area contributed by atoms with E-state index in [9.17, 15) is 53.8 Å². The molecule has 2 fully saturated rings. The molecule has 0 aromatic heterocycles. The molecule has 1 heterocycles. The van der Waals surface area contributed by atoms with Gasteiger partial charge in [0.05, 0.1) is 18.8 Å². The van der Waals surface area contributed by atoms with Crippen molar-refractivity contribution in [1.29, 1.82) is 0 Å². The van der Waals surface area contributed by atoms with Crippen LogP contribution < -0.4 is 0 Å². The molecule has 7 N–H and O–H groups in total. The molecule has 17 nitrogen and oxygen atoms in total. The fraction of sp³-hybridized carbons (Fsp3) is 0.667. The van der Waals surface area contributed by atoms with Crippen LogP contribution in [0.3, 0.4) is 0 Å². The van der Waals surface area contributed by atoms with Crippen molar-refractivity contribution in [3.8, 4) is 0 Å². The number of ether oxygens (including phenoxy) is 3. The summed E-state index contributed by atoms with van der Waals surface area (Å²) >= 11 is 0. The zero-order chi connectivity index (χ0) is 53.6. The number of esters is 2. The number of phosphoric ester groups is 2. The summed E-state index contributed by atoms with van der Waals surface area (Å²) in [6, 6.07) is 0. The van der Waals surface area contributed by atoms with E-state index < -0.39 is 83.5 Å². The van der Waals surface area contributed by atoms with E-state index in [0.29, 0.717) is 31.5 Å². The van der Waals surface area contributed by atoms with Crippen LogP contribution in [0.15, 0.2) is 97.2 Å². The number of unbranched alkanes of at least 4 members (excludes halogenated alkanes) is 10. The van der Waals surface area contributed by atoms with Gasteiger partial charge in [-0.3, -0.25) is 23.2 Å². The van der Waals surface area contributed by atoms with Gasteiger partial charge in [-0.2, -0.15) is 0 Å². The molecule has 0 spiro atoms. The van der Waals surface area contributed by atoms with Crippen molar-refractivity contribution in [3.05, 3.63) is 97.2 Å². The molecular weight excluding hydrogens is 983 g/mol. The Bertz CT molecular complexity index is 1840. The standard InChI is InChI=1S/C54H88O17P2/c1-3-5-7-8-9-10-11-12-13-14-15-16-17-18-19-23-26-29-32-36-40-47(55)66-42-44(43-67-73(64,65)71-54-51(59)49(57)50(58)53(52(54)60)70-72(61,62)63)68-48(56)41-37-33-30-27-24-21-20-22-25-28-31-35-39-46-45(69-46)38-34-6-4-2/h6,10-11,13-14,16-17,21-22,24-25,30-31,33-35,44-46,49-54,57-60H,3-5,7-9,12,15,18-20,23,26-29,32,36-43H2,1-2H3,(H,64,65)(H2,61,62,63)/b11-10-,14-13-,17-16-,24-21-,25-22-,33-30-,34-6-,35-31-/t44-,45?,46?,49?,50?,51?,52?,53-,54+/m1/s1. The van der Waals surface area contributed by atoms with Crippen LogP contribution in [0.1, 0.15) is 162 Å². The first-order valence-corrected chi connectivity index (χ1v) is 29.4. The Balaban J connectivity index is 1.78. The van der Waals surface area contributed by atoms with Gasteiger partial charge in [-0.05, 0) is 89.9 Å². The lowest BCUT2D eigenvalue weighted by Crippen LogP contribution is -2.64. The number of aliphatic hydroxyl groups is 4. The number of carbonyl (C=O) groups is 2. The topological polar surface area (TPSA) is 269 Å². The van der Waals surface area contributed by atoms with Crippen molar-refractivity contribution < 1.29 is 81.6 Å².